The smallest absolute Gasteiger partial charge is 0.0705 e. The van der Waals surface area contributed by atoms with Crippen LogP contribution in [0.4, 0.5) is 0 Å². The van der Waals surface area contributed by atoms with Gasteiger partial charge in [0.1, 0.15) is 0 Å². The van der Waals surface area contributed by atoms with Gasteiger partial charge in [-0.05, 0) is 24.3 Å². The van der Waals surface area contributed by atoms with Gasteiger partial charge < -0.3 is 0 Å². The maximum Gasteiger partial charge on any atom is 0.0705 e. The van der Waals surface area contributed by atoms with Gasteiger partial charge in [0, 0.05) is 34.5 Å². The molecule has 0 spiro atoms. The van der Waals surface area contributed by atoms with E-state index in [1.54, 1.807) is 0 Å². The standard InChI is InChI=1S/C21H17N2/c1-15(19-13-11-17-7-3-5-9-21(17)23-19)14-18-12-10-16-6-2-4-8-20(16)22-18/h2-13H,14H2,1H3. The molecule has 2 aromatic heterocycles. The fourth-order valence-corrected chi connectivity index (χ4v) is 2.87. The van der Waals surface area contributed by atoms with E-state index in [0.29, 0.717) is 0 Å². The van der Waals surface area contributed by atoms with E-state index in [9.17, 15) is 0 Å². The molecule has 0 unspecified atom stereocenters. The Morgan fingerprint density at radius 2 is 1.30 bits per heavy atom. The Kier molecular flexibility index (Phi) is 3.51. The largest absolute Gasteiger partial charge is 0.253 e. The Morgan fingerprint density at radius 3 is 2.04 bits per heavy atom. The van der Waals surface area contributed by atoms with E-state index in [0.717, 1.165) is 28.8 Å². The average Bonchev–Trinajstić information content (AvgIpc) is 2.61. The molecule has 0 aliphatic heterocycles. The highest BCUT2D eigenvalue weighted by Crippen LogP contribution is 2.21. The summed E-state index contributed by atoms with van der Waals surface area (Å²) >= 11 is 0. The van der Waals surface area contributed by atoms with Crippen LogP contribution in [0, 0.1) is 5.92 Å². The number of hydrogen-bond acceptors (Lipinski definition) is 2. The Morgan fingerprint density at radius 1 is 0.696 bits per heavy atom. The van der Waals surface area contributed by atoms with Crippen LogP contribution in [0.3, 0.4) is 0 Å². The summed E-state index contributed by atoms with van der Waals surface area (Å²) in [5.41, 5.74) is 4.20. The third kappa shape index (κ3) is 2.80. The molecule has 4 rings (SSSR count). The summed E-state index contributed by atoms with van der Waals surface area (Å²) < 4.78 is 0. The van der Waals surface area contributed by atoms with E-state index in [4.69, 9.17) is 9.97 Å². The van der Waals surface area contributed by atoms with Crippen molar-refractivity contribution in [2.75, 3.05) is 0 Å². The van der Waals surface area contributed by atoms with Crippen LogP contribution in [-0.4, -0.2) is 9.97 Å². The Labute approximate surface area is 135 Å². The van der Waals surface area contributed by atoms with Crippen LogP contribution in [0.1, 0.15) is 18.3 Å². The van der Waals surface area contributed by atoms with Crippen LogP contribution in [0.25, 0.3) is 21.8 Å². The molecule has 2 nitrogen and oxygen atoms in total. The molecule has 0 amide bonds. The number of benzene rings is 2. The highest BCUT2D eigenvalue weighted by molar-refractivity contribution is 5.79. The second-order valence-electron chi connectivity index (χ2n) is 5.84. The van der Waals surface area contributed by atoms with Gasteiger partial charge in [-0.1, -0.05) is 55.5 Å². The molecule has 0 saturated carbocycles. The Hall–Kier alpha value is -2.74. The summed E-state index contributed by atoms with van der Waals surface area (Å²) in [5.74, 6) is 1.23. The molecule has 4 aromatic rings. The lowest BCUT2D eigenvalue weighted by Crippen LogP contribution is -2.04. The number of rotatable bonds is 3. The Balaban J connectivity index is 1.63. The van der Waals surface area contributed by atoms with E-state index in [-0.39, 0.29) is 0 Å². The van der Waals surface area contributed by atoms with Crippen molar-refractivity contribution in [2.24, 2.45) is 0 Å². The van der Waals surface area contributed by atoms with Crippen molar-refractivity contribution < 1.29 is 0 Å². The predicted molar refractivity (Wildman–Crippen MR) is 95.2 cm³/mol. The lowest BCUT2D eigenvalue weighted by Gasteiger charge is -2.11. The van der Waals surface area contributed by atoms with Gasteiger partial charge in [-0.15, -0.1) is 0 Å². The van der Waals surface area contributed by atoms with Gasteiger partial charge in [0.15, 0.2) is 0 Å². The number of pyridine rings is 2. The van der Waals surface area contributed by atoms with Crippen LogP contribution >= 0.6 is 0 Å². The second-order valence-corrected chi connectivity index (χ2v) is 5.84. The van der Waals surface area contributed by atoms with Crippen LogP contribution in [0.15, 0.2) is 72.8 Å². The van der Waals surface area contributed by atoms with Crippen molar-refractivity contribution in [2.45, 2.75) is 13.3 Å². The van der Waals surface area contributed by atoms with Crippen molar-refractivity contribution in [3.63, 3.8) is 0 Å². The first kappa shape index (κ1) is 13.9. The maximum atomic E-state index is 4.77. The molecular formula is C21H17N2. The zero-order chi connectivity index (χ0) is 15.6. The minimum absolute atomic E-state index is 0.816. The van der Waals surface area contributed by atoms with Crippen molar-refractivity contribution in [1.82, 2.24) is 9.97 Å². The summed E-state index contributed by atoms with van der Waals surface area (Å²) in [4.78, 5) is 9.52. The molecule has 2 aromatic carbocycles. The SMILES string of the molecule is C[C](Cc1ccc2ccccc2n1)c1ccc2ccccc2n1. The molecule has 111 valence electrons. The van der Waals surface area contributed by atoms with Gasteiger partial charge in [-0.25, -0.2) is 0 Å². The maximum absolute atomic E-state index is 4.77. The lowest BCUT2D eigenvalue weighted by atomic mass is 9.99. The molecule has 2 heterocycles. The molecular weight excluding hydrogens is 280 g/mol. The van der Waals surface area contributed by atoms with Crippen molar-refractivity contribution in [1.29, 1.82) is 0 Å². The van der Waals surface area contributed by atoms with Crippen LogP contribution in [0.5, 0.6) is 0 Å². The van der Waals surface area contributed by atoms with Gasteiger partial charge in [-0.3, -0.25) is 9.97 Å². The first-order chi connectivity index (χ1) is 11.3. The minimum Gasteiger partial charge on any atom is -0.253 e. The summed E-state index contributed by atoms with van der Waals surface area (Å²) in [5, 5.41) is 2.35. The fourth-order valence-electron chi connectivity index (χ4n) is 2.87. The van der Waals surface area contributed by atoms with Crippen LogP contribution < -0.4 is 0 Å². The van der Waals surface area contributed by atoms with Crippen molar-refractivity contribution in [3.8, 4) is 0 Å². The first-order valence-electron chi connectivity index (χ1n) is 7.83. The zero-order valence-corrected chi connectivity index (χ0v) is 13.0. The molecule has 0 fully saturated rings. The van der Waals surface area contributed by atoms with Gasteiger partial charge in [0.05, 0.1) is 11.0 Å². The van der Waals surface area contributed by atoms with Crippen LogP contribution in [-0.2, 0) is 6.42 Å². The normalized spacial score (nSPS) is 11.4. The van der Waals surface area contributed by atoms with Crippen molar-refractivity contribution >= 4 is 21.8 Å². The van der Waals surface area contributed by atoms with Crippen molar-refractivity contribution in [3.05, 3.63) is 90.1 Å². The number of fused-ring (bicyclic) bond motifs is 2. The second kappa shape index (κ2) is 5.81. The van der Waals surface area contributed by atoms with E-state index in [1.165, 1.54) is 16.7 Å². The molecule has 0 aliphatic rings. The topological polar surface area (TPSA) is 25.8 Å². The molecule has 0 bridgehead atoms. The van der Waals surface area contributed by atoms with Gasteiger partial charge in [0.25, 0.3) is 0 Å². The summed E-state index contributed by atoms with van der Waals surface area (Å²) in [7, 11) is 0. The first-order valence-corrected chi connectivity index (χ1v) is 7.83. The lowest BCUT2D eigenvalue weighted by molar-refractivity contribution is 0.928. The summed E-state index contributed by atoms with van der Waals surface area (Å²) in [6.07, 6.45) is 0.816. The number of nitrogens with zero attached hydrogens (tertiary/aromatic N) is 2. The molecule has 23 heavy (non-hydrogen) atoms. The zero-order valence-electron chi connectivity index (χ0n) is 13.0. The van der Waals surface area contributed by atoms with Gasteiger partial charge >= 0.3 is 0 Å². The molecule has 0 N–H and O–H groups in total. The Bertz CT molecular complexity index is 975. The third-order valence-electron chi connectivity index (χ3n) is 4.14. The predicted octanol–water partition coefficient (Wildman–Crippen LogP) is 4.97. The molecule has 0 saturated heterocycles. The third-order valence-corrected chi connectivity index (χ3v) is 4.14. The highest BCUT2D eigenvalue weighted by atomic mass is 14.7. The average molecular weight is 297 g/mol. The summed E-state index contributed by atoms with van der Waals surface area (Å²) in [6.45, 7) is 2.13. The molecule has 1 radical (unpaired) electrons. The quantitative estimate of drug-likeness (QED) is 0.533. The van der Waals surface area contributed by atoms with E-state index in [1.807, 2.05) is 24.3 Å². The number of aromatic nitrogens is 2. The summed E-state index contributed by atoms with van der Waals surface area (Å²) in [6, 6.07) is 24.9. The van der Waals surface area contributed by atoms with E-state index >= 15 is 0 Å². The number of hydrogen-bond donors (Lipinski definition) is 0. The van der Waals surface area contributed by atoms with E-state index in [2.05, 4.69) is 55.5 Å². The fraction of sp³-hybridized carbons (Fsp3) is 0.0952. The van der Waals surface area contributed by atoms with Crippen LogP contribution in [0.2, 0.25) is 0 Å². The number of para-hydroxylation sites is 2. The van der Waals surface area contributed by atoms with Gasteiger partial charge in [0.2, 0.25) is 0 Å². The minimum atomic E-state index is 0.816. The molecule has 0 aliphatic carbocycles. The highest BCUT2D eigenvalue weighted by Gasteiger charge is 2.11. The monoisotopic (exact) mass is 297 g/mol. The van der Waals surface area contributed by atoms with E-state index < -0.39 is 0 Å². The molecule has 2 heteroatoms. The van der Waals surface area contributed by atoms with Gasteiger partial charge in [-0.2, -0.15) is 0 Å². The molecule has 0 atom stereocenters.